The predicted octanol–water partition coefficient (Wildman–Crippen LogP) is 2.63. The number of amides is 2. The quantitative estimate of drug-likeness (QED) is 0.414. The normalized spacial score (nSPS) is 14.4. The first kappa shape index (κ1) is 25.4. The largest absolute Gasteiger partial charge is 0.489 e. The molecule has 1 atom stereocenters. The van der Waals surface area contributed by atoms with Crippen molar-refractivity contribution < 1.29 is 18.7 Å². The van der Waals surface area contributed by atoms with Gasteiger partial charge in [-0.25, -0.2) is 9.07 Å². The first-order valence-electron chi connectivity index (χ1n) is 11.9. The van der Waals surface area contributed by atoms with Crippen LogP contribution in [0.2, 0.25) is 0 Å². The number of anilines is 1. The van der Waals surface area contributed by atoms with Crippen LogP contribution in [0.4, 0.5) is 10.1 Å². The number of rotatable bonds is 3. The van der Waals surface area contributed by atoms with Gasteiger partial charge >= 0.3 is 0 Å². The number of hydrogen-bond donors (Lipinski definition) is 1. The van der Waals surface area contributed by atoms with Crippen LogP contribution in [0.3, 0.4) is 0 Å². The zero-order valence-electron chi connectivity index (χ0n) is 21.0. The van der Waals surface area contributed by atoms with Crippen LogP contribution in [0.25, 0.3) is 5.69 Å². The molecule has 2 aromatic carbocycles. The lowest BCUT2D eigenvalue weighted by atomic mass is 10.1. The summed E-state index contributed by atoms with van der Waals surface area (Å²) in [5.74, 6) is 4.58. The Hall–Kier alpha value is -5.30. The lowest BCUT2D eigenvalue weighted by Crippen LogP contribution is -2.50. The van der Waals surface area contributed by atoms with Crippen molar-refractivity contribution in [3.05, 3.63) is 112 Å². The summed E-state index contributed by atoms with van der Waals surface area (Å²) in [5, 5.41) is 6.64. The first-order valence-corrected chi connectivity index (χ1v) is 11.9. The number of nitrogens with one attached hydrogen (secondary N) is 1. The van der Waals surface area contributed by atoms with Gasteiger partial charge in [-0.3, -0.25) is 19.4 Å². The number of nitrogens with zero attached hydrogens (tertiary/aromatic N) is 4. The van der Waals surface area contributed by atoms with Crippen molar-refractivity contribution in [3.8, 4) is 23.3 Å². The van der Waals surface area contributed by atoms with E-state index in [1.54, 1.807) is 56.7 Å². The van der Waals surface area contributed by atoms with Gasteiger partial charge in [-0.1, -0.05) is 24.0 Å². The summed E-state index contributed by atoms with van der Waals surface area (Å²) in [5.41, 5.74) is 1.16. The molecule has 4 aromatic rings. The maximum atomic E-state index is 14.4. The summed E-state index contributed by atoms with van der Waals surface area (Å²) in [4.78, 5) is 44.4. The molecule has 1 aliphatic rings. The number of aryl methyl sites for hydroxylation is 1. The van der Waals surface area contributed by atoms with Crippen molar-refractivity contribution in [3.63, 3.8) is 0 Å². The van der Waals surface area contributed by atoms with Gasteiger partial charge in [-0.05, 0) is 49.4 Å². The molecular weight excluding hydrogens is 501 g/mol. The summed E-state index contributed by atoms with van der Waals surface area (Å²) >= 11 is 0. The van der Waals surface area contributed by atoms with Gasteiger partial charge in [0.25, 0.3) is 11.8 Å². The number of carbonyl (C=O) groups excluding carboxylic acids is 2. The Balaban J connectivity index is 1.38. The third-order valence-electron chi connectivity index (χ3n) is 6.08. The Morgan fingerprint density at radius 1 is 1.05 bits per heavy atom. The minimum atomic E-state index is -1.11. The van der Waals surface area contributed by atoms with Crippen LogP contribution in [0.5, 0.6) is 5.75 Å². The number of para-hydroxylation sites is 1. The molecule has 2 amide bonds. The highest BCUT2D eigenvalue weighted by Gasteiger charge is 2.32. The predicted molar refractivity (Wildman–Crippen MR) is 141 cm³/mol. The van der Waals surface area contributed by atoms with Crippen molar-refractivity contribution in [2.45, 2.75) is 13.0 Å². The highest BCUT2D eigenvalue weighted by Crippen LogP contribution is 2.31. The Morgan fingerprint density at radius 3 is 2.62 bits per heavy atom. The Kier molecular flexibility index (Phi) is 6.89. The van der Waals surface area contributed by atoms with Gasteiger partial charge in [0.1, 0.15) is 29.9 Å². The fourth-order valence-corrected chi connectivity index (χ4v) is 4.06. The third-order valence-corrected chi connectivity index (χ3v) is 6.08. The first-order chi connectivity index (χ1) is 18.8. The zero-order valence-corrected chi connectivity index (χ0v) is 21.0. The van der Waals surface area contributed by atoms with E-state index in [1.165, 1.54) is 33.8 Å². The van der Waals surface area contributed by atoms with E-state index in [1.807, 2.05) is 6.07 Å². The summed E-state index contributed by atoms with van der Waals surface area (Å²) < 4.78 is 21.4. The number of aromatic nitrogens is 3. The topological polar surface area (TPSA) is 106 Å². The van der Waals surface area contributed by atoms with Gasteiger partial charge in [0.15, 0.2) is 5.69 Å². The van der Waals surface area contributed by atoms with Crippen LogP contribution in [0.1, 0.15) is 27.3 Å². The average molecular weight is 524 g/mol. The third kappa shape index (κ3) is 5.24. The van der Waals surface area contributed by atoms with Gasteiger partial charge in [0.2, 0.25) is 5.43 Å². The fourth-order valence-electron chi connectivity index (χ4n) is 4.06. The number of likely N-dealkylation sites (N-methyl/N-ethyl adjacent to an activating group) is 1. The highest BCUT2D eigenvalue weighted by molar-refractivity contribution is 6.02. The number of carbonyl (C=O) groups is 2. The smallest absolute Gasteiger partial charge is 0.276 e. The van der Waals surface area contributed by atoms with Gasteiger partial charge in [0, 0.05) is 42.3 Å². The van der Waals surface area contributed by atoms with E-state index in [0.717, 1.165) is 5.56 Å². The van der Waals surface area contributed by atoms with Gasteiger partial charge in [-0.15, -0.1) is 0 Å². The Labute approximate surface area is 222 Å². The van der Waals surface area contributed by atoms with E-state index >= 15 is 0 Å². The van der Waals surface area contributed by atoms with Crippen molar-refractivity contribution in [2.24, 2.45) is 0 Å². The molecule has 0 fully saturated rings. The average Bonchev–Trinajstić information content (AvgIpc) is 3.05. The van der Waals surface area contributed by atoms with Gasteiger partial charge in [-0.2, -0.15) is 5.10 Å². The van der Waals surface area contributed by atoms with E-state index in [9.17, 15) is 18.8 Å². The Morgan fingerprint density at radius 2 is 1.85 bits per heavy atom. The molecule has 1 aliphatic heterocycles. The van der Waals surface area contributed by atoms with Crippen LogP contribution in [0, 0.1) is 24.6 Å². The minimum Gasteiger partial charge on any atom is -0.489 e. The summed E-state index contributed by atoms with van der Waals surface area (Å²) in [6.45, 7) is 1.41. The van der Waals surface area contributed by atoms with Crippen LogP contribution >= 0.6 is 0 Å². The second-order valence-electron chi connectivity index (χ2n) is 8.77. The van der Waals surface area contributed by atoms with Crippen molar-refractivity contribution in [1.29, 1.82) is 0 Å². The van der Waals surface area contributed by atoms with E-state index < -0.39 is 34.8 Å². The van der Waals surface area contributed by atoms with E-state index in [2.05, 4.69) is 27.2 Å². The van der Waals surface area contributed by atoms with E-state index in [4.69, 9.17) is 4.74 Å². The van der Waals surface area contributed by atoms with Crippen molar-refractivity contribution >= 4 is 17.5 Å². The summed E-state index contributed by atoms with van der Waals surface area (Å²) in [6.07, 6.45) is 3.31. The molecule has 0 saturated heterocycles. The van der Waals surface area contributed by atoms with Crippen LogP contribution in [-0.4, -0.2) is 46.3 Å². The molecule has 0 bridgehead atoms. The molecule has 0 spiro atoms. The molecule has 0 radical (unpaired) electrons. The number of halogens is 1. The molecule has 10 heteroatoms. The molecule has 2 aromatic heterocycles. The highest BCUT2D eigenvalue weighted by atomic mass is 19.1. The second kappa shape index (κ2) is 10.6. The lowest BCUT2D eigenvalue weighted by Gasteiger charge is -2.20. The van der Waals surface area contributed by atoms with Crippen LogP contribution in [-0.2, 0) is 4.79 Å². The van der Waals surface area contributed by atoms with Crippen LogP contribution in [0.15, 0.2) is 77.9 Å². The molecular formula is C29H22FN5O4. The molecule has 0 aliphatic carbocycles. The Bertz CT molecular complexity index is 1710. The molecule has 9 nitrogen and oxygen atoms in total. The fraction of sp³-hybridized carbons (Fsp3) is 0.138. The summed E-state index contributed by atoms with van der Waals surface area (Å²) in [7, 11) is 1.56. The minimum absolute atomic E-state index is 0.0792. The molecule has 194 valence electrons. The molecule has 0 unspecified atom stereocenters. The molecule has 39 heavy (non-hydrogen) atoms. The number of benzene rings is 2. The lowest BCUT2D eigenvalue weighted by molar-refractivity contribution is -0.120. The molecule has 1 N–H and O–H groups in total. The van der Waals surface area contributed by atoms with Crippen molar-refractivity contribution in [1.82, 2.24) is 20.1 Å². The number of fused-ring (bicyclic) bond motifs is 1. The zero-order chi connectivity index (χ0) is 27.5. The maximum Gasteiger partial charge on any atom is 0.276 e. The van der Waals surface area contributed by atoms with E-state index in [0.29, 0.717) is 22.7 Å². The SMILES string of the molecule is Cc1cc(=O)c(C(=O)N[C@H]2COc3ccc(C#Cc4cccnc4)cc3N(C)C2=O)nn1-c1ccccc1F. The van der Waals surface area contributed by atoms with Gasteiger partial charge in [0.05, 0.1) is 5.69 Å². The number of pyridine rings is 1. The maximum absolute atomic E-state index is 14.4. The monoisotopic (exact) mass is 523 g/mol. The van der Waals surface area contributed by atoms with E-state index in [-0.39, 0.29) is 12.3 Å². The van der Waals surface area contributed by atoms with Crippen LogP contribution < -0.4 is 20.4 Å². The molecule has 5 rings (SSSR count). The number of hydrogen-bond acceptors (Lipinski definition) is 6. The standard InChI is InChI=1S/C29H22FN5O4/c1-18-14-25(36)27(33-35(18)23-8-4-3-7-21(23)30)28(37)32-22-17-39-26-12-11-19(15-24(26)34(2)29(22)38)9-10-20-6-5-13-31-16-20/h3-8,11-16,22H,17H2,1-2H3,(H,32,37)/t22-/m0/s1. The summed E-state index contributed by atoms with van der Waals surface area (Å²) in [6, 6.07) is 14.8. The number of ether oxygens (including phenoxy) is 1. The van der Waals surface area contributed by atoms with Gasteiger partial charge < -0.3 is 15.0 Å². The second-order valence-corrected chi connectivity index (χ2v) is 8.77. The molecule has 3 heterocycles. The van der Waals surface area contributed by atoms with Crippen molar-refractivity contribution in [2.75, 3.05) is 18.6 Å². The molecule has 0 saturated carbocycles.